The van der Waals surface area contributed by atoms with Crippen LogP contribution in [-0.2, 0) is 4.79 Å². The van der Waals surface area contributed by atoms with Gasteiger partial charge in [-0.3, -0.25) is 0 Å². The van der Waals surface area contributed by atoms with E-state index in [1.807, 2.05) is 6.79 Å². The molecule has 4 heteroatoms. The summed E-state index contributed by atoms with van der Waals surface area (Å²) in [5, 5.41) is 2.17. The van der Waals surface area contributed by atoms with E-state index in [1.54, 1.807) is 0 Å². The van der Waals surface area contributed by atoms with Gasteiger partial charge in [0.2, 0.25) is 0 Å². The minimum atomic E-state index is -0.495. The molecular formula is C3H8N2O2. The lowest BCUT2D eigenvalue weighted by atomic mass is 11.1. The zero-order chi connectivity index (χ0) is 6.28. The molecule has 4 nitrogen and oxygen atoms in total. The zero-order valence-corrected chi connectivity index (χ0v) is 4.10. The van der Waals surface area contributed by atoms with Crippen LogP contribution >= 0.6 is 0 Å². The number of nitrogens with two attached hydrogens (primary N) is 1. The Kier molecular flexibility index (Phi) is 11.8. The molecule has 0 fully saturated rings. The van der Waals surface area contributed by atoms with E-state index in [9.17, 15) is 4.79 Å². The predicted octanol–water partition coefficient (Wildman–Crippen LogP) is -0.900. The Hall–Kier alpha value is -1.06. The summed E-state index contributed by atoms with van der Waals surface area (Å²) in [6.07, 6.45) is 0. The second-order valence-electron chi connectivity index (χ2n) is 0.614. The van der Waals surface area contributed by atoms with Crippen molar-refractivity contribution in [2.24, 2.45) is 5.73 Å². The zero-order valence-electron chi connectivity index (χ0n) is 4.10. The highest BCUT2D eigenvalue weighted by Crippen LogP contribution is 1.38. The molecule has 0 rings (SSSR count). The van der Waals surface area contributed by atoms with Crippen LogP contribution in [0.15, 0.2) is 0 Å². The highest BCUT2D eigenvalue weighted by atomic mass is 16.2. The van der Waals surface area contributed by atoms with E-state index in [2.05, 4.69) is 11.1 Å². The molecule has 0 spiro atoms. The minimum Gasteiger partial charge on any atom is -0.352 e. The third-order valence-electron chi connectivity index (χ3n) is 0.246. The Morgan fingerprint density at radius 3 is 1.86 bits per heavy atom. The lowest BCUT2D eigenvalue weighted by molar-refractivity contribution is -0.0979. The molecular weight excluding hydrogens is 96.0 g/mol. The summed E-state index contributed by atoms with van der Waals surface area (Å²) >= 11 is 0. The molecule has 0 aliphatic rings. The quantitative estimate of drug-likeness (QED) is 0.418. The first-order valence-electron chi connectivity index (χ1n) is 1.53. The molecule has 3 N–H and O–H groups in total. The summed E-state index contributed by atoms with van der Waals surface area (Å²) < 4.78 is 0. The van der Waals surface area contributed by atoms with E-state index >= 15 is 0 Å². The van der Waals surface area contributed by atoms with Crippen molar-refractivity contribution in [1.29, 1.82) is 0 Å². The van der Waals surface area contributed by atoms with Crippen molar-refractivity contribution in [3.8, 4) is 0 Å². The molecule has 0 saturated carbocycles. The van der Waals surface area contributed by atoms with Gasteiger partial charge in [-0.05, 0) is 0 Å². The highest BCUT2D eigenvalue weighted by Gasteiger charge is 1.72. The minimum absolute atomic E-state index is 0.495. The number of carbonyl (C=O) groups excluding carboxylic acids is 2. The van der Waals surface area contributed by atoms with Crippen LogP contribution in [0.1, 0.15) is 0 Å². The van der Waals surface area contributed by atoms with Crippen LogP contribution in [0.4, 0.5) is 4.79 Å². The molecule has 0 radical (unpaired) electrons. The molecule has 2 amide bonds. The monoisotopic (exact) mass is 104 g/mol. The Balaban J connectivity index is 0. The van der Waals surface area contributed by atoms with Gasteiger partial charge in [-0.25, -0.2) is 4.79 Å². The molecule has 0 atom stereocenters. The summed E-state index contributed by atoms with van der Waals surface area (Å²) in [7, 11) is 1.47. The molecule has 0 aromatic heterocycles. The van der Waals surface area contributed by atoms with E-state index in [0.29, 0.717) is 0 Å². The van der Waals surface area contributed by atoms with Crippen LogP contribution in [0.5, 0.6) is 0 Å². The number of primary amides is 1. The highest BCUT2D eigenvalue weighted by molar-refractivity contribution is 5.71. The second-order valence-corrected chi connectivity index (χ2v) is 0.614. The molecule has 0 saturated heterocycles. The Morgan fingerprint density at radius 1 is 1.71 bits per heavy atom. The Morgan fingerprint density at radius 2 is 1.86 bits per heavy atom. The van der Waals surface area contributed by atoms with Crippen molar-refractivity contribution in [3.63, 3.8) is 0 Å². The topological polar surface area (TPSA) is 72.2 Å². The predicted molar refractivity (Wildman–Crippen MR) is 25.8 cm³/mol. The standard InChI is InChI=1S/C2H6N2O.CH2O/c1-4-2(3)5;1-2/h1H3,(H3,3,4,5);1H2. The third kappa shape index (κ3) is 48.3. The molecule has 42 valence electrons. The fourth-order valence-electron chi connectivity index (χ4n) is 0. The van der Waals surface area contributed by atoms with E-state index in [0.717, 1.165) is 0 Å². The van der Waals surface area contributed by atoms with Crippen molar-refractivity contribution < 1.29 is 9.59 Å². The van der Waals surface area contributed by atoms with Gasteiger partial charge in [0, 0.05) is 7.05 Å². The number of hydrogen-bond acceptors (Lipinski definition) is 2. The van der Waals surface area contributed by atoms with Gasteiger partial charge in [0.05, 0.1) is 0 Å². The van der Waals surface area contributed by atoms with Gasteiger partial charge < -0.3 is 15.8 Å². The van der Waals surface area contributed by atoms with Gasteiger partial charge >= 0.3 is 6.03 Å². The van der Waals surface area contributed by atoms with Crippen LogP contribution in [0, 0.1) is 0 Å². The fraction of sp³-hybridized carbons (Fsp3) is 0.333. The molecule has 0 aliphatic carbocycles. The molecule has 0 heterocycles. The van der Waals surface area contributed by atoms with Gasteiger partial charge in [-0.15, -0.1) is 0 Å². The molecule has 0 bridgehead atoms. The lowest BCUT2D eigenvalue weighted by Gasteiger charge is -1.80. The Labute approximate surface area is 41.7 Å². The van der Waals surface area contributed by atoms with Crippen molar-refractivity contribution in [3.05, 3.63) is 0 Å². The molecule has 7 heavy (non-hydrogen) atoms. The van der Waals surface area contributed by atoms with E-state index in [4.69, 9.17) is 4.79 Å². The van der Waals surface area contributed by atoms with Crippen LogP contribution in [0.25, 0.3) is 0 Å². The van der Waals surface area contributed by atoms with E-state index in [-0.39, 0.29) is 0 Å². The van der Waals surface area contributed by atoms with Crippen LogP contribution < -0.4 is 11.1 Å². The SMILES string of the molecule is C=O.CNC(N)=O. The van der Waals surface area contributed by atoms with Gasteiger partial charge in [-0.2, -0.15) is 0 Å². The van der Waals surface area contributed by atoms with Gasteiger partial charge in [0.25, 0.3) is 0 Å². The largest absolute Gasteiger partial charge is 0.352 e. The van der Waals surface area contributed by atoms with Crippen molar-refractivity contribution in [1.82, 2.24) is 5.32 Å². The summed E-state index contributed by atoms with van der Waals surface area (Å²) in [4.78, 5) is 17.5. The maximum atomic E-state index is 9.48. The van der Waals surface area contributed by atoms with Crippen molar-refractivity contribution in [2.75, 3.05) is 7.05 Å². The summed E-state index contributed by atoms with van der Waals surface area (Å²) in [5.74, 6) is 0. The van der Waals surface area contributed by atoms with E-state index < -0.39 is 6.03 Å². The van der Waals surface area contributed by atoms with Crippen molar-refractivity contribution >= 4 is 12.8 Å². The smallest absolute Gasteiger partial charge is 0.311 e. The molecule has 0 aromatic rings. The number of nitrogens with one attached hydrogen (secondary N) is 1. The summed E-state index contributed by atoms with van der Waals surface area (Å²) in [5.41, 5.74) is 4.54. The fourth-order valence-corrected chi connectivity index (χ4v) is 0. The number of amides is 2. The second kappa shape index (κ2) is 8.87. The Bertz CT molecular complexity index is 54.9. The van der Waals surface area contributed by atoms with Crippen molar-refractivity contribution in [2.45, 2.75) is 0 Å². The van der Waals surface area contributed by atoms with Gasteiger partial charge in [-0.1, -0.05) is 0 Å². The number of rotatable bonds is 0. The van der Waals surface area contributed by atoms with E-state index in [1.165, 1.54) is 7.05 Å². The summed E-state index contributed by atoms with van der Waals surface area (Å²) in [6, 6.07) is -0.495. The lowest BCUT2D eigenvalue weighted by Crippen LogP contribution is -2.24. The van der Waals surface area contributed by atoms with Crippen LogP contribution in [0.3, 0.4) is 0 Å². The van der Waals surface area contributed by atoms with Crippen LogP contribution in [0.2, 0.25) is 0 Å². The first kappa shape index (κ1) is 9.34. The first-order chi connectivity index (χ1) is 3.27. The maximum absolute atomic E-state index is 9.48. The first-order valence-corrected chi connectivity index (χ1v) is 1.53. The summed E-state index contributed by atoms with van der Waals surface area (Å²) in [6.45, 7) is 2.00. The maximum Gasteiger partial charge on any atom is 0.311 e. The molecule has 0 aromatic carbocycles. The van der Waals surface area contributed by atoms with Gasteiger partial charge in [0.1, 0.15) is 6.79 Å². The van der Waals surface area contributed by atoms with Gasteiger partial charge in [0.15, 0.2) is 0 Å². The molecule has 0 unspecified atom stereocenters. The number of urea groups is 1. The normalized spacial score (nSPS) is 5.29. The molecule has 0 aliphatic heterocycles. The number of hydrogen-bond donors (Lipinski definition) is 2. The third-order valence-corrected chi connectivity index (χ3v) is 0.246. The van der Waals surface area contributed by atoms with Crippen LogP contribution in [-0.4, -0.2) is 19.9 Å². The average molecular weight is 104 g/mol. The average Bonchev–Trinajstić information content (AvgIpc) is 1.73. The number of carbonyl (C=O) groups is 2.